The highest BCUT2D eigenvalue weighted by Crippen LogP contribution is 2.23. The number of carbonyl (C=O) groups excluding carboxylic acids is 1. The zero-order chi connectivity index (χ0) is 20.2. The minimum Gasteiger partial charge on any atom is -0.379 e. The van der Waals surface area contributed by atoms with Gasteiger partial charge in [-0.3, -0.25) is 9.69 Å². The molecule has 1 amide bonds. The van der Waals surface area contributed by atoms with Crippen molar-refractivity contribution in [2.45, 2.75) is 26.2 Å². The molecule has 0 radical (unpaired) electrons. The molecule has 3 heterocycles. The monoisotopic (exact) mass is 417 g/mol. The molecule has 1 aromatic carbocycles. The zero-order valence-electron chi connectivity index (χ0n) is 16.9. The van der Waals surface area contributed by atoms with E-state index < -0.39 is 0 Å². The molecule has 0 aliphatic carbocycles. The quantitative estimate of drug-likeness (QED) is 0.748. The van der Waals surface area contributed by atoms with Crippen molar-refractivity contribution in [1.29, 1.82) is 0 Å². The van der Waals surface area contributed by atoms with Crippen LogP contribution in [0.25, 0.3) is 5.69 Å². The molecule has 0 atom stereocenters. The second-order valence-corrected chi connectivity index (χ2v) is 8.33. The smallest absolute Gasteiger partial charge is 0.276 e. The van der Waals surface area contributed by atoms with E-state index in [0.717, 1.165) is 70.2 Å². The Morgan fingerprint density at radius 2 is 1.97 bits per heavy atom. The molecule has 0 bridgehead atoms. The molecule has 4 rings (SSSR count). The molecule has 2 aliphatic rings. The molecule has 0 saturated carbocycles. The average Bonchev–Trinajstić information content (AvgIpc) is 3.14. The van der Waals surface area contributed by atoms with Crippen LogP contribution in [0.15, 0.2) is 24.3 Å². The maximum atomic E-state index is 13.0. The number of piperidine rings is 1. The minimum atomic E-state index is -0.0255. The van der Waals surface area contributed by atoms with Crippen LogP contribution >= 0.6 is 11.6 Å². The first-order valence-corrected chi connectivity index (χ1v) is 10.8. The molecular formula is C21H28ClN5O2. The first-order valence-electron chi connectivity index (χ1n) is 10.4. The van der Waals surface area contributed by atoms with Crippen molar-refractivity contribution in [3.8, 4) is 5.69 Å². The van der Waals surface area contributed by atoms with Crippen LogP contribution in [0.3, 0.4) is 0 Å². The van der Waals surface area contributed by atoms with Crippen molar-refractivity contribution in [1.82, 2.24) is 24.8 Å². The molecule has 8 heteroatoms. The summed E-state index contributed by atoms with van der Waals surface area (Å²) in [6, 6.07) is 7.40. The molecule has 1 aromatic heterocycles. The van der Waals surface area contributed by atoms with Crippen molar-refractivity contribution in [3.05, 3.63) is 40.7 Å². The number of benzene rings is 1. The van der Waals surface area contributed by atoms with Gasteiger partial charge in [-0.15, -0.1) is 5.10 Å². The van der Waals surface area contributed by atoms with Crippen molar-refractivity contribution >= 4 is 17.5 Å². The van der Waals surface area contributed by atoms with Gasteiger partial charge in [0.05, 0.1) is 24.6 Å². The predicted molar refractivity (Wildman–Crippen MR) is 112 cm³/mol. The van der Waals surface area contributed by atoms with Gasteiger partial charge < -0.3 is 9.64 Å². The SMILES string of the molecule is Cc1c(C(=O)N2CCC(CCN3CCOCC3)CC2)nnn1-c1cccc(Cl)c1. The van der Waals surface area contributed by atoms with Crippen molar-refractivity contribution in [3.63, 3.8) is 0 Å². The molecule has 2 aliphatic heterocycles. The number of morpholine rings is 1. The van der Waals surface area contributed by atoms with E-state index in [0.29, 0.717) is 16.6 Å². The van der Waals surface area contributed by atoms with Crippen molar-refractivity contribution < 1.29 is 9.53 Å². The zero-order valence-corrected chi connectivity index (χ0v) is 17.6. The molecule has 2 aromatic rings. The lowest BCUT2D eigenvalue weighted by atomic mass is 9.93. The van der Waals surface area contributed by atoms with Crippen LogP contribution in [0, 0.1) is 12.8 Å². The summed E-state index contributed by atoms with van der Waals surface area (Å²) >= 11 is 6.08. The predicted octanol–water partition coefficient (Wildman–Crippen LogP) is 2.80. The third-order valence-electron chi connectivity index (χ3n) is 6.01. The summed E-state index contributed by atoms with van der Waals surface area (Å²) in [5.41, 5.74) is 1.98. The van der Waals surface area contributed by atoms with Crippen LogP contribution in [-0.4, -0.2) is 76.6 Å². The van der Waals surface area contributed by atoms with Crippen LogP contribution in [0.4, 0.5) is 0 Å². The number of amides is 1. The van der Waals surface area contributed by atoms with Gasteiger partial charge in [-0.1, -0.05) is 22.9 Å². The Balaban J connectivity index is 1.33. The third kappa shape index (κ3) is 4.79. The molecule has 0 unspecified atom stereocenters. The fraction of sp³-hybridized carbons (Fsp3) is 0.571. The van der Waals surface area contributed by atoms with Gasteiger partial charge in [-0.2, -0.15) is 0 Å². The number of likely N-dealkylation sites (tertiary alicyclic amines) is 1. The summed E-state index contributed by atoms with van der Waals surface area (Å²) in [6.07, 6.45) is 3.31. The lowest BCUT2D eigenvalue weighted by molar-refractivity contribution is 0.0332. The van der Waals surface area contributed by atoms with Gasteiger partial charge in [0.15, 0.2) is 5.69 Å². The van der Waals surface area contributed by atoms with Crippen molar-refractivity contribution in [2.24, 2.45) is 5.92 Å². The highest BCUT2D eigenvalue weighted by molar-refractivity contribution is 6.30. The molecule has 156 valence electrons. The molecule has 7 nitrogen and oxygen atoms in total. The summed E-state index contributed by atoms with van der Waals surface area (Å²) < 4.78 is 7.09. The van der Waals surface area contributed by atoms with Gasteiger partial charge in [0.25, 0.3) is 5.91 Å². The van der Waals surface area contributed by atoms with Gasteiger partial charge in [-0.05, 0) is 56.8 Å². The fourth-order valence-electron chi connectivity index (χ4n) is 4.14. The third-order valence-corrected chi connectivity index (χ3v) is 6.24. The van der Waals surface area contributed by atoms with E-state index >= 15 is 0 Å². The summed E-state index contributed by atoms with van der Waals surface area (Å²) in [6.45, 7) is 8.37. The van der Waals surface area contributed by atoms with E-state index in [4.69, 9.17) is 16.3 Å². The Morgan fingerprint density at radius 1 is 1.21 bits per heavy atom. The Hall–Kier alpha value is -1.96. The van der Waals surface area contributed by atoms with Crippen molar-refractivity contribution in [2.75, 3.05) is 45.9 Å². The largest absolute Gasteiger partial charge is 0.379 e. The number of nitrogens with zero attached hydrogens (tertiary/aromatic N) is 5. The summed E-state index contributed by atoms with van der Waals surface area (Å²) in [7, 11) is 0. The van der Waals surface area contributed by atoms with Gasteiger partial charge in [0.2, 0.25) is 0 Å². The summed E-state index contributed by atoms with van der Waals surface area (Å²) in [5, 5.41) is 8.99. The van der Waals surface area contributed by atoms with Gasteiger partial charge in [0.1, 0.15) is 0 Å². The number of carbonyl (C=O) groups is 1. The minimum absolute atomic E-state index is 0.0255. The van der Waals surface area contributed by atoms with Crippen LogP contribution in [-0.2, 0) is 4.74 Å². The number of rotatable bonds is 5. The van der Waals surface area contributed by atoms with E-state index in [2.05, 4.69) is 15.2 Å². The fourth-order valence-corrected chi connectivity index (χ4v) is 4.33. The Morgan fingerprint density at radius 3 is 2.69 bits per heavy atom. The topological polar surface area (TPSA) is 63.5 Å². The number of hydrogen-bond acceptors (Lipinski definition) is 5. The molecule has 29 heavy (non-hydrogen) atoms. The molecule has 2 saturated heterocycles. The van der Waals surface area contributed by atoms with Gasteiger partial charge >= 0.3 is 0 Å². The van der Waals surface area contributed by atoms with Crippen LogP contribution in [0.5, 0.6) is 0 Å². The second kappa shape index (κ2) is 9.24. The molecular weight excluding hydrogens is 390 g/mol. The average molecular weight is 418 g/mol. The standard InChI is InChI=1S/C21H28ClN5O2/c1-16-20(23-24-27(16)19-4-2-3-18(22)15-19)21(28)26-9-6-17(7-10-26)5-8-25-11-13-29-14-12-25/h2-4,15,17H,5-14H2,1H3. The van der Waals surface area contributed by atoms with E-state index in [1.54, 1.807) is 4.68 Å². The first kappa shape index (κ1) is 20.3. The Labute approximate surface area is 176 Å². The molecule has 0 N–H and O–H groups in total. The number of ether oxygens (including phenoxy) is 1. The van der Waals surface area contributed by atoms with E-state index in [9.17, 15) is 4.79 Å². The normalized spacial score (nSPS) is 18.9. The van der Waals surface area contributed by atoms with Crippen LogP contribution in [0.1, 0.15) is 35.4 Å². The molecule has 0 spiro atoms. The number of halogens is 1. The summed E-state index contributed by atoms with van der Waals surface area (Å²) in [4.78, 5) is 17.4. The van der Waals surface area contributed by atoms with Crippen LogP contribution < -0.4 is 0 Å². The Kier molecular flexibility index (Phi) is 6.47. The van der Waals surface area contributed by atoms with Gasteiger partial charge in [-0.25, -0.2) is 4.68 Å². The lowest BCUT2D eigenvalue weighted by Gasteiger charge is -2.33. The maximum Gasteiger partial charge on any atom is 0.276 e. The molecule has 2 fully saturated rings. The van der Waals surface area contributed by atoms with E-state index in [1.807, 2.05) is 36.1 Å². The van der Waals surface area contributed by atoms with E-state index in [-0.39, 0.29) is 5.91 Å². The number of aromatic nitrogens is 3. The van der Waals surface area contributed by atoms with Crippen LogP contribution in [0.2, 0.25) is 5.02 Å². The second-order valence-electron chi connectivity index (χ2n) is 7.89. The van der Waals surface area contributed by atoms with Gasteiger partial charge in [0, 0.05) is 31.2 Å². The Bertz CT molecular complexity index is 841. The lowest BCUT2D eigenvalue weighted by Crippen LogP contribution is -2.41. The van der Waals surface area contributed by atoms with E-state index in [1.165, 1.54) is 6.42 Å². The summed E-state index contributed by atoms with van der Waals surface area (Å²) in [5.74, 6) is 0.660. The highest BCUT2D eigenvalue weighted by Gasteiger charge is 2.27. The maximum absolute atomic E-state index is 13.0. The number of hydrogen-bond donors (Lipinski definition) is 0. The highest BCUT2D eigenvalue weighted by atomic mass is 35.5. The first-order chi connectivity index (χ1) is 14.1.